The molecule has 0 atom stereocenters. The van der Waals surface area contributed by atoms with Gasteiger partial charge in [-0.05, 0) is 36.3 Å². The summed E-state index contributed by atoms with van der Waals surface area (Å²) in [5.74, 6) is -0.249. The van der Waals surface area contributed by atoms with Crippen LogP contribution in [-0.4, -0.2) is 5.91 Å². The zero-order valence-electron chi connectivity index (χ0n) is 7.25. The molecule has 0 radical (unpaired) electrons. The third kappa shape index (κ3) is 1.52. The number of amides is 1. The Balaban J connectivity index is 2.41. The number of carbonyl (C=O) groups excluding carboxylic acids is 1. The third-order valence-electron chi connectivity index (χ3n) is 2.33. The number of allylic oxidation sites excluding steroid dienone is 1. The van der Waals surface area contributed by atoms with E-state index in [2.05, 4.69) is 0 Å². The number of rotatable bonds is 2. The lowest BCUT2D eigenvalue weighted by Crippen LogP contribution is -2.13. The van der Waals surface area contributed by atoms with E-state index in [1.807, 2.05) is 17.5 Å². The fourth-order valence-electron chi connectivity index (χ4n) is 1.74. The largest absolute Gasteiger partial charge is 0.366 e. The number of primary amides is 1. The van der Waals surface area contributed by atoms with Crippen molar-refractivity contribution in [3.05, 3.63) is 28.0 Å². The fourth-order valence-corrected chi connectivity index (χ4v) is 2.57. The summed E-state index contributed by atoms with van der Waals surface area (Å²) in [7, 11) is 0. The summed E-state index contributed by atoms with van der Waals surface area (Å²) in [4.78, 5) is 12.3. The van der Waals surface area contributed by atoms with Crippen LogP contribution in [0.5, 0.6) is 0 Å². The van der Waals surface area contributed by atoms with Crippen molar-refractivity contribution >= 4 is 22.8 Å². The van der Waals surface area contributed by atoms with Gasteiger partial charge >= 0.3 is 0 Å². The summed E-state index contributed by atoms with van der Waals surface area (Å²) < 4.78 is 0. The molecule has 0 fully saturated rings. The SMILES string of the molecule is NC(=O)C1=C(c2cccs2)CCC1. The van der Waals surface area contributed by atoms with Crippen molar-refractivity contribution in [1.29, 1.82) is 0 Å². The molecule has 0 spiro atoms. The molecule has 13 heavy (non-hydrogen) atoms. The summed E-state index contributed by atoms with van der Waals surface area (Å²) >= 11 is 1.68. The summed E-state index contributed by atoms with van der Waals surface area (Å²) in [5, 5.41) is 2.03. The van der Waals surface area contributed by atoms with E-state index in [1.165, 1.54) is 10.5 Å². The van der Waals surface area contributed by atoms with Crippen LogP contribution in [0.1, 0.15) is 24.1 Å². The van der Waals surface area contributed by atoms with Gasteiger partial charge in [-0.2, -0.15) is 0 Å². The van der Waals surface area contributed by atoms with Crippen LogP contribution in [0.3, 0.4) is 0 Å². The minimum Gasteiger partial charge on any atom is -0.366 e. The van der Waals surface area contributed by atoms with Gasteiger partial charge in [-0.1, -0.05) is 6.07 Å². The first-order valence-electron chi connectivity index (χ1n) is 4.35. The number of nitrogens with two attached hydrogens (primary N) is 1. The van der Waals surface area contributed by atoms with Gasteiger partial charge in [-0.3, -0.25) is 4.79 Å². The van der Waals surface area contributed by atoms with Crippen molar-refractivity contribution < 1.29 is 4.79 Å². The zero-order valence-corrected chi connectivity index (χ0v) is 8.06. The van der Waals surface area contributed by atoms with Crippen LogP contribution in [0.25, 0.3) is 5.57 Å². The van der Waals surface area contributed by atoms with E-state index in [4.69, 9.17) is 5.73 Å². The molecule has 0 unspecified atom stereocenters. The topological polar surface area (TPSA) is 43.1 Å². The summed E-state index contributed by atoms with van der Waals surface area (Å²) in [6.07, 6.45) is 2.91. The van der Waals surface area contributed by atoms with Gasteiger partial charge < -0.3 is 5.73 Å². The Morgan fingerprint density at radius 2 is 2.31 bits per heavy atom. The van der Waals surface area contributed by atoms with Gasteiger partial charge in [0.15, 0.2) is 0 Å². The van der Waals surface area contributed by atoms with Gasteiger partial charge in [0, 0.05) is 10.5 Å². The van der Waals surface area contributed by atoms with E-state index in [9.17, 15) is 4.79 Å². The summed E-state index contributed by atoms with van der Waals surface area (Å²) in [5.41, 5.74) is 7.31. The van der Waals surface area contributed by atoms with Gasteiger partial charge in [-0.25, -0.2) is 0 Å². The molecule has 0 bridgehead atoms. The standard InChI is InChI=1S/C10H11NOS/c11-10(12)8-4-1-3-7(8)9-5-2-6-13-9/h2,5-6H,1,3-4H2,(H2,11,12). The Morgan fingerprint density at radius 1 is 1.46 bits per heavy atom. The Kier molecular flexibility index (Phi) is 2.19. The smallest absolute Gasteiger partial charge is 0.244 e. The first-order valence-corrected chi connectivity index (χ1v) is 5.22. The second-order valence-electron chi connectivity index (χ2n) is 3.15. The second kappa shape index (κ2) is 3.34. The minimum atomic E-state index is -0.249. The zero-order chi connectivity index (χ0) is 9.26. The average molecular weight is 193 g/mol. The molecule has 1 aliphatic carbocycles. The van der Waals surface area contributed by atoms with Crippen molar-refractivity contribution in [2.24, 2.45) is 5.73 Å². The summed E-state index contributed by atoms with van der Waals surface area (Å²) in [6.45, 7) is 0. The molecule has 2 rings (SSSR count). The first-order chi connectivity index (χ1) is 6.29. The molecule has 0 aliphatic heterocycles. The molecule has 2 nitrogen and oxygen atoms in total. The number of carbonyl (C=O) groups is 1. The molecule has 0 aromatic carbocycles. The highest BCUT2D eigenvalue weighted by Crippen LogP contribution is 2.35. The summed E-state index contributed by atoms with van der Waals surface area (Å²) in [6, 6.07) is 4.05. The predicted molar refractivity (Wildman–Crippen MR) is 54.3 cm³/mol. The van der Waals surface area contributed by atoms with E-state index >= 15 is 0 Å². The van der Waals surface area contributed by atoms with Crippen LogP contribution in [0, 0.1) is 0 Å². The fraction of sp³-hybridized carbons (Fsp3) is 0.300. The molecule has 1 aromatic heterocycles. The first kappa shape index (κ1) is 8.51. The van der Waals surface area contributed by atoms with Gasteiger partial charge in [0.05, 0.1) is 0 Å². The Bertz CT molecular complexity index is 351. The minimum absolute atomic E-state index is 0.249. The van der Waals surface area contributed by atoms with Crippen molar-refractivity contribution in [2.75, 3.05) is 0 Å². The van der Waals surface area contributed by atoms with Crippen LogP contribution in [0.2, 0.25) is 0 Å². The maximum Gasteiger partial charge on any atom is 0.244 e. The molecular weight excluding hydrogens is 182 g/mol. The Hall–Kier alpha value is -1.09. The Morgan fingerprint density at radius 3 is 2.92 bits per heavy atom. The highest BCUT2D eigenvalue weighted by molar-refractivity contribution is 7.11. The highest BCUT2D eigenvalue weighted by Gasteiger charge is 2.20. The van der Waals surface area contributed by atoms with Crippen molar-refractivity contribution in [2.45, 2.75) is 19.3 Å². The normalized spacial score (nSPS) is 16.6. The molecule has 1 aliphatic rings. The molecule has 3 heteroatoms. The van der Waals surface area contributed by atoms with Crippen LogP contribution in [0.15, 0.2) is 23.1 Å². The lowest BCUT2D eigenvalue weighted by Gasteiger charge is -2.00. The van der Waals surface area contributed by atoms with Crippen LogP contribution in [0.4, 0.5) is 0 Å². The van der Waals surface area contributed by atoms with Gasteiger partial charge in [0.1, 0.15) is 0 Å². The second-order valence-corrected chi connectivity index (χ2v) is 4.10. The molecular formula is C10H11NOS. The quantitative estimate of drug-likeness (QED) is 0.768. The third-order valence-corrected chi connectivity index (χ3v) is 3.26. The molecule has 68 valence electrons. The highest BCUT2D eigenvalue weighted by atomic mass is 32.1. The Labute approximate surface area is 81.1 Å². The van der Waals surface area contributed by atoms with E-state index in [0.29, 0.717) is 0 Å². The van der Waals surface area contributed by atoms with Crippen molar-refractivity contribution in [3.8, 4) is 0 Å². The maximum atomic E-state index is 11.1. The molecule has 1 aromatic rings. The molecule has 0 saturated carbocycles. The maximum absolute atomic E-state index is 11.1. The predicted octanol–water partition coefficient (Wildman–Crippen LogP) is 2.17. The monoisotopic (exact) mass is 193 g/mol. The van der Waals surface area contributed by atoms with E-state index < -0.39 is 0 Å². The molecule has 1 heterocycles. The number of thiophene rings is 1. The molecule has 0 saturated heterocycles. The molecule has 1 amide bonds. The lowest BCUT2D eigenvalue weighted by atomic mass is 10.1. The number of hydrogen-bond donors (Lipinski definition) is 1. The van der Waals surface area contributed by atoms with E-state index in [0.717, 1.165) is 24.8 Å². The van der Waals surface area contributed by atoms with Crippen molar-refractivity contribution in [3.63, 3.8) is 0 Å². The van der Waals surface area contributed by atoms with Gasteiger partial charge in [0.25, 0.3) is 0 Å². The van der Waals surface area contributed by atoms with Crippen LogP contribution < -0.4 is 5.73 Å². The van der Waals surface area contributed by atoms with E-state index in [1.54, 1.807) is 11.3 Å². The molecule has 2 N–H and O–H groups in total. The van der Waals surface area contributed by atoms with Gasteiger partial charge in [-0.15, -0.1) is 11.3 Å². The van der Waals surface area contributed by atoms with E-state index in [-0.39, 0.29) is 5.91 Å². The lowest BCUT2D eigenvalue weighted by molar-refractivity contribution is -0.114. The van der Waals surface area contributed by atoms with Crippen LogP contribution in [-0.2, 0) is 4.79 Å². The van der Waals surface area contributed by atoms with Gasteiger partial charge in [0.2, 0.25) is 5.91 Å². The number of hydrogen-bond acceptors (Lipinski definition) is 2. The van der Waals surface area contributed by atoms with Crippen molar-refractivity contribution in [1.82, 2.24) is 0 Å². The average Bonchev–Trinajstić information content (AvgIpc) is 2.74. The van der Waals surface area contributed by atoms with Crippen LogP contribution >= 0.6 is 11.3 Å².